The number of benzene rings is 1. The summed E-state index contributed by atoms with van der Waals surface area (Å²) >= 11 is 0. The summed E-state index contributed by atoms with van der Waals surface area (Å²) in [6, 6.07) is 7.06. The number of aromatic nitrogens is 2. The van der Waals surface area contributed by atoms with Gasteiger partial charge in [0, 0.05) is 22.2 Å². The second-order valence-electron chi connectivity index (χ2n) is 6.97. The lowest BCUT2D eigenvalue weighted by molar-refractivity contribution is 0.0697. The molecule has 1 fully saturated rings. The zero-order valence-electron chi connectivity index (χ0n) is 13.3. The maximum atomic E-state index is 11.0. The number of hydrogen-bond donors (Lipinski definition) is 1. The van der Waals surface area contributed by atoms with E-state index in [1.54, 1.807) is 12.1 Å². The van der Waals surface area contributed by atoms with Gasteiger partial charge in [0.05, 0.1) is 11.3 Å². The number of carboxylic acids is 1. The van der Waals surface area contributed by atoms with Crippen LogP contribution in [0, 0.1) is 0 Å². The van der Waals surface area contributed by atoms with Crippen LogP contribution in [0.2, 0.25) is 0 Å². The number of hydrogen-bond acceptors (Lipinski definition) is 3. The van der Waals surface area contributed by atoms with E-state index in [2.05, 4.69) is 6.92 Å². The average Bonchev–Trinajstić information content (AvgIpc) is 3.00. The van der Waals surface area contributed by atoms with Crippen LogP contribution in [0.3, 0.4) is 0 Å². The number of rotatable bonds is 3. The second-order valence-corrected chi connectivity index (χ2v) is 6.97. The predicted molar refractivity (Wildman–Crippen MR) is 87.7 cm³/mol. The van der Waals surface area contributed by atoms with Crippen molar-refractivity contribution in [3.05, 3.63) is 46.9 Å². The fourth-order valence-electron chi connectivity index (χ4n) is 3.64. The van der Waals surface area contributed by atoms with Crippen molar-refractivity contribution in [3.8, 4) is 11.3 Å². The molecule has 23 heavy (non-hydrogen) atoms. The van der Waals surface area contributed by atoms with Crippen molar-refractivity contribution < 1.29 is 9.90 Å². The maximum absolute atomic E-state index is 11.0. The Balaban J connectivity index is 1.82. The quantitative estimate of drug-likeness (QED) is 0.937. The van der Waals surface area contributed by atoms with Gasteiger partial charge in [-0.15, -0.1) is 0 Å². The van der Waals surface area contributed by atoms with E-state index in [-0.39, 0.29) is 5.41 Å². The summed E-state index contributed by atoms with van der Waals surface area (Å²) < 4.78 is 0. The summed E-state index contributed by atoms with van der Waals surface area (Å²) in [7, 11) is 0. The third-order valence-corrected chi connectivity index (χ3v) is 5.34. The summed E-state index contributed by atoms with van der Waals surface area (Å²) in [6.45, 7) is 2.25. The predicted octanol–water partition coefficient (Wildman–Crippen LogP) is 3.77. The molecule has 2 aliphatic rings. The largest absolute Gasteiger partial charge is 0.478 e. The molecule has 0 aliphatic heterocycles. The Hall–Kier alpha value is -2.23. The first kappa shape index (κ1) is 14.4. The molecule has 2 aromatic rings. The smallest absolute Gasteiger partial charge is 0.335 e. The molecule has 4 heteroatoms. The van der Waals surface area contributed by atoms with Crippen molar-refractivity contribution in [1.82, 2.24) is 9.97 Å². The average molecular weight is 308 g/mol. The highest BCUT2D eigenvalue weighted by Crippen LogP contribution is 2.43. The minimum absolute atomic E-state index is 0.118. The minimum Gasteiger partial charge on any atom is -0.478 e. The first-order valence-corrected chi connectivity index (χ1v) is 8.31. The summed E-state index contributed by atoms with van der Waals surface area (Å²) in [6.07, 6.45) is 6.74. The topological polar surface area (TPSA) is 63.1 Å². The van der Waals surface area contributed by atoms with Crippen LogP contribution in [0.15, 0.2) is 24.3 Å². The van der Waals surface area contributed by atoms with E-state index in [4.69, 9.17) is 15.1 Å². The van der Waals surface area contributed by atoms with Gasteiger partial charge in [-0.1, -0.05) is 25.5 Å². The highest BCUT2D eigenvalue weighted by atomic mass is 16.4. The van der Waals surface area contributed by atoms with E-state index >= 15 is 0 Å². The highest BCUT2D eigenvalue weighted by molar-refractivity contribution is 5.88. The number of nitrogens with zero attached hydrogens (tertiary/aromatic N) is 2. The zero-order chi connectivity index (χ0) is 16.0. The van der Waals surface area contributed by atoms with Crippen LogP contribution in [-0.2, 0) is 18.3 Å². The van der Waals surface area contributed by atoms with Crippen LogP contribution in [0.4, 0.5) is 0 Å². The van der Waals surface area contributed by atoms with Gasteiger partial charge in [0.2, 0.25) is 0 Å². The molecule has 0 atom stereocenters. The maximum Gasteiger partial charge on any atom is 0.335 e. The molecule has 1 N–H and O–H groups in total. The van der Waals surface area contributed by atoms with E-state index in [1.165, 1.54) is 17.7 Å². The zero-order valence-corrected chi connectivity index (χ0v) is 13.3. The molecule has 0 unspecified atom stereocenters. The van der Waals surface area contributed by atoms with Crippen molar-refractivity contribution in [2.75, 3.05) is 0 Å². The van der Waals surface area contributed by atoms with E-state index in [0.29, 0.717) is 5.56 Å². The van der Waals surface area contributed by atoms with Gasteiger partial charge in [0.1, 0.15) is 5.82 Å². The van der Waals surface area contributed by atoms with Crippen LogP contribution in [-0.4, -0.2) is 21.0 Å². The van der Waals surface area contributed by atoms with Gasteiger partial charge in [-0.2, -0.15) is 0 Å². The van der Waals surface area contributed by atoms with Crippen LogP contribution in [0.25, 0.3) is 11.3 Å². The van der Waals surface area contributed by atoms with Crippen molar-refractivity contribution in [1.29, 1.82) is 0 Å². The van der Waals surface area contributed by atoms with Gasteiger partial charge < -0.3 is 5.11 Å². The number of aromatic carboxylic acids is 1. The second kappa shape index (κ2) is 5.15. The summed E-state index contributed by atoms with van der Waals surface area (Å²) in [5.41, 5.74) is 4.88. The summed E-state index contributed by atoms with van der Waals surface area (Å²) in [5.74, 6) is 0.0776. The molecular weight excluding hydrogens is 288 g/mol. The lowest BCUT2D eigenvalue weighted by atomic mass is 9.69. The van der Waals surface area contributed by atoms with E-state index in [9.17, 15) is 4.79 Å². The Morgan fingerprint density at radius 2 is 1.83 bits per heavy atom. The van der Waals surface area contributed by atoms with Gasteiger partial charge in [-0.3, -0.25) is 0 Å². The van der Waals surface area contributed by atoms with Gasteiger partial charge in [0.15, 0.2) is 0 Å². The summed E-state index contributed by atoms with van der Waals surface area (Å²) in [4.78, 5) is 20.8. The fourth-order valence-corrected chi connectivity index (χ4v) is 3.64. The van der Waals surface area contributed by atoms with E-state index < -0.39 is 5.97 Å². The Bertz CT molecular complexity index is 777. The third kappa shape index (κ3) is 2.33. The van der Waals surface area contributed by atoms with Crippen LogP contribution in [0.5, 0.6) is 0 Å². The van der Waals surface area contributed by atoms with Crippen LogP contribution >= 0.6 is 0 Å². The normalized spacial score (nSPS) is 18.3. The first-order valence-electron chi connectivity index (χ1n) is 8.31. The molecule has 4 nitrogen and oxygen atoms in total. The van der Waals surface area contributed by atoms with Crippen molar-refractivity contribution in [3.63, 3.8) is 0 Å². The van der Waals surface area contributed by atoms with Gasteiger partial charge in [0.25, 0.3) is 0 Å². The summed E-state index contributed by atoms with van der Waals surface area (Å²) in [5, 5.41) is 9.07. The molecule has 1 saturated carbocycles. The van der Waals surface area contributed by atoms with Gasteiger partial charge in [-0.25, -0.2) is 14.8 Å². The van der Waals surface area contributed by atoms with E-state index in [1.807, 2.05) is 12.1 Å². The van der Waals surface area contributed by atoms with Crippen molar-refractivity contribution in [2.24, 2.45) is 0 Å². The number of carboxylic acid groups (broad SMARTS) is 1. The van der Waals surface area contributed by atoms with Crippen molar-refractivity contribution in [2.45, 2.75) is 50.9 Å². The van der Waals surface area contributed by atoms with Crippen molar-refractivity contribution >= 4 is 5.97 Å². The lowest BCUT2D eigenvalue weighted by Gasteiger charge is -2.37. The number of carbonyl (C=O) groups is 1. The SMILES string of the molecule is CC1(c2nc3c(c(-c4ccc(C(=O)O)cc4)n2)CCC3)CCC1. The monoisotopic (exact) mass is 308 g/mol. The molecule has 1 aromatic carbocycles. The molecule has 2 aliphatic carbocycles. The highest BCUT2D eigenvalue weighted by Gasteiger charge is 2.37. The van der Waals surface area contributed by atoms with Crippen LogP contribution in [0.1, 0.15) is 60.0 Å². The molecule has 1 aromatic heterocycles. The molecule has 4 rings (SSSR count). The third-order valence-electron chi connectivity index (χ3n) is 5.34. The molecule has 118 valence electrons. The Kier molecular flexibility index (Phi) is 3.22. The lowest BCUT2D eigenvalue weighted by Crippen LogP contribution is -2.33. The Labute approximate surface area is 135 Å². The molecule has 0 spiro atoms. The Morgan fingerprint density at radius 1 is 1.09 bits per heavy atom. The number of fused-ring (bicyclic) bond motifs is 1. The molecule has 1 heterocycles. The van der Waals surface area contributed by atoms with Crippen LogP contribution < -0.4 is 0 Å². The molecular formula is C19H20N2O2. The standard InChI is InChI=1S/C19H20N2O2/c1-19(10-3-11-19)18-20-15-5-2-4-14(15)16(21-18)12-6-8-13(9-7-12)17(22)23/h6-9H,2-5,10-11H2,1H3,(H,22,23). The van der Waals surface area contributed by atoms with E-state index in [0.717, 1.165) is 49.2 Å². The Morgan fingerprint density at radius 3 is 2.43 bits per heavy atom. The minimum atomic E-state index is -0.896. The fraction of sp³-hybridized carbons (Fsp3) is 0.421. The molecule has 0 bridgehead atoms. The molecule has 0 amide bonds. The first-order chi connectivity index (χ1) is 11.1. The molecule has 0 radical (unpaired) electrons. The molecule has 0 saturated heterocycles. The van der Waals surface area contributed by atoms with Gasteiger partial charge >= 0.3 is 5.97 Å². The van der Waals surface area contributed by atoms with Gasteiger partial charge in [-0.05, 0) is 44.2 Å². The number of aryl methyl sites for hydroxylation is 1.